The molecule has 0 aliphatic rings. The van der Waals surface area contributed by atoms with Crippen LogP contribution in [0, 0.1) is 0 Å². The number of carbonyl (C=O) groups excluding carboxylic acids is 2. The molecule has 0 heterocycles. The van der Waals surface area contributed by atoms with Gasteiger partial charge in [0.2, 0.25) is 0 Å². The quantitative estimate of drug-likeness (QED) is 0.176. The molecule has 0 N–H and O–H groups in total. The van der Waals surface area contributed by atoms with Gasteiger partial charge in [0.25, 0.3) is 0 Å². The Labute approximate surface area is 153 Å². The van der Waals surface area contributed by atoms with Crippen molar-refractivity contribution >= 4 is 42.9 Å². The molecule has 0 aromatic carbocycles. The zero-order chi connectivity index (χ0) is 14.4. The number of carboxylic acid groups (broad SMARTS) is 3. The summed E-state index contributed by atoms with van der Waals surface area (Å²) in [7, 11) is 4.24. The average Bonchev–Trinajstić information content (AvgIpc) is 1.78. The van der Waals surface area contributed by atoms with Gasteiger partial charge in [-0.05, 0) is 13.1 Å². The molecule has 19 heavy (non-hydrogen) atoms. The van der Waals surface area contributed by atoms with Crippen LogP contribution in [-0.2, 0) is 77.3 Å². The van der Waals surface area contributed by atoms with E-state index >= 15 is 0 Å². The van der Waals surface area contributed by atoms with E-state index in [1.165, 1.54) is 0 Å². The van der Waals surface area contributed by atoms with Crippen LogP contribution in [0.25, 0.3) is 0 Å². The summed E-state index contributed by atoms with van der Waals surface area (Å²) in [6, 6.07) is 0. The van der Waals surface area contributed by atoms with Crippen LogP contribution in [0.4, 0.5) is 4.79 Å². The monoisotopic (exact) mass is 517 g/mol. The first-order valence-electron chi connectivity index (χ1n) is 2.43. The van der Waals surface area contributed by atoms with E-state index in [1.807, 2.05) is 0 Å². The zero-order valence-corrected chi connectivity index (χ0v) is 14.4. The molecule has 0 unspecified atom stereocenters. The third kappa shape index (κ3) is 4170. The van der Waals surface area contributed by atoms with E-state index in [0.29, 0.717) is 12.7 Å². The van der Waals surface area contributed by atoms with Crippen LogP contribution >= 0.6 is 20.4 Å². The summed E-state index contributed by atoms with van der Waals surface area (Å²) in [5.41, 5.74) is 0. The number of carbonyl (C=O) groups is 2. The fourth-order valence-corrected chi connectivity index (χ4v) is 0. The van der Waals surface area contributed by atoms with Crippen LogP contribution in [0.1, 0.15) is 6.92 Å². The van der Waals surface area contributed by atoms with Gasteiger partial charge in [0, 0.05) is 16.4 Å². The van der Waals surface area contributed by atoms with Crippen LogP contribution in [0.15, 0.2) is 0 Å². The Bertz CT molecular complexity index is 245. The Hall–Kier alpha value is 1.16. The molecule has 0 aliphatic heterocycles. The summed E-state index contributed by atoms with van der Waals surface area (Å²) in [6.45, 7) is 0.972. The minimum absolute atomic E-state index is 0. The molecular formula is C3H3Cl2Ni4O9S+. The van der Waals surface area contributed by atoms with Gasteiger partial charge in [-0.25, -0.2) is 0 Å². The largest absolute Gasteiger partial charge is 2.00 e. The van der Waals surface area contributed by atoms with Crippen molar-refractivity contribution in [1.82, 2.24) is 0 Å². The molecule has 0 saturated carbocycles. The summed E-state index contributed by atoms with van der Waals surface area (Å²) in [4.78, 5) is 17.2. The van der Waals surface area contributed by atoms with Crippen molar-refractivity contribution < 1.29 is 105 Å². The summed E-state index contributed by atoms with van der Waals surface area (Å²) in [6.07, 6.45) is -2.33. The molecule has 0 bridgehead atoms. The third-order valence-electron chi connectivity index (χ3n) is 0. The molecule has 0 fully saturated rings. The van der Waals surface area contributed by atoms with E-state index in [2.05, 4.69) is 0 Å². The fourth-order valence-electron chi connectivity index (χ4n) is 0. The van der Waals surface area contributed by atoms with Crippen molar-refractivity contribution in [2.45, 2.75) is 6.92 Å². The standard InChI is InChI=1S/C2H4O2.CH2O3.2ClH.4Ni.H2O4S/c1-2(3)4;2-1(3)4;;;;;;;1-5(2,3)4/h1H3,(H,3,4);(H2,2,3,4);2*1H;;;;;(H2,1,2,3,4)/q;;;;4*+2;/p-7. The number of aliphatic carboxylic acids is 1. The zero-order valence-electron chi connectivity index (χ0n) is 8.10. The first-order chi connectivity index (χ1) is 6.88. The Morgan fingerprint density at radius 3 is 0.947 bits per heavy atom. The predicted molar refractivity (Wildman–Crippen MR) is 38.3 cm³/mol. The van der Waals surface area contributed by atoms with E-state index in [1.54, 1.807) is 0 Å². The summed E-state index contributed by atoms with van der Waals surface area (Å²) < 4.78 is 34.1. The summed E-state index contributed by atoms with van der Waals surface area (Å²) >= 11 is 0.569. The number of hydrogen-bond acceptors (Lipinski definition) is 9. The summed E-state index contributed by atoms with van der Waals surface area (Å²) in [5.74, 6) is -1.08. The van der Waals surface area contributed by atoms with Gasteiger partial charge >= 0.3 is 82.5 Å². The van der Waals surface area contributed by atoms with Crippen LogP contribution in [0.5, 0.6) is 0 Å². The maximum Gasteiger partial charge on any atom is 2.00 e. The molecule has 0 spiro atoms. The second-order valence-electron chi connectivity index (χ2n) is 1.20. The van der Waals surface area contributed by atoms with Crippen molar-refractivity contribution in [3.05, 3.63) is 0 Å². The number of hydrogen-bond donors (Lipinski definition) is 0. The number of rotatable bonds is 0. The summed E-state index contributed by atoms with van der Waals surface area (Å²) in [5, 5.41) is 25.6. The number of halogens is 2. The second-order valence-corrected chi connectivity index (χ2v) is 3.64. The van der Waals surface area contributed by atoms with E-state index in [9.17, 15) is 0 Å². The normalized spacial score (nSPS) is 6.79. The van der Waals surface area contributed by atoms with Crippen molar-refractivity contribution in [1.29, 1.82) is 0 Å². The topological polar surface area (TPSA) is 184 Å². The van der Waals surface area contributed by atoms with E-state index < -0.39 is 22.5 Å². The molecule has 9 nitrogen and oxygen atoms in total. The van der Waals surface area contributed by atoms with Gasteiger partial charge in [-0.3, -0.25) is 8.42 Å². The minimum Gasteiger partial charge on any atom is 2.00 e. The fraction of sp³-hybridized carbons (Fsp3) is 0.333. The molecule has 0 amide bonds. The van der Waals surface area contributed by atoms with Crippen LogP contribution in [0.2, 0.25) is 0 Å². The Balaban J connectivity index is -0.0000000195. The second kappa shape index (κ2) is 31.5. The molecule has 0 aromatic rings. The van der Waals surface area contributed by atoms with E-state index in [4.69, 9.17) is 62.8 Å². The van der Waals surface area contributed by atoms with Gasteiger partial charge in [0.05, 0.1) is 0 Å². The third-order valence-corrected chi connectivity index (χ3v) is 0. The van der Waals surface area contributed by atoms with E-state index in [0.717, 1.165) is 6.92 Å². The van der Waals surface area contributed by atoms with Gasteiger partial charge in [-0.1, -0.05) is 0 Å². The van der Waals surface area contributed by atoms with E-state index in [-0.39, 0.29) is 49.5 Å². The van der Waals surface area contributed by atoms with Crippen LogP contribution in [0.3, 0.4) is 0 Å². The molecule has 0 saturated heterocycles. The van der Waals surface area contributed by atoms with Gasteiger partial charge in [-0.15, -0.1) is 0 Å². The average molecular weight is 521 g/mol. The van der Waals surface area contributed by atoms with Crippen LogP contribution in [-0.4, -0.2) is 29.6 Å². The van der Waals surface area contributed by atoms with Gasteiger partial charge in [0.15, 0.2) is 0 Å². The van der Waals surface area contributed by atoms with Crippen molar-refractivity contribution in [2.24, 2.45) is 0 Å². The molecule has 128 valence electrons. The Morgan fingerprint density at radius 1 is 0.947 bits per heavy atom. The van der Waals surface area contributed by atoms with Crippen LogP contribution < -0.4 is 15.3 Å². The maximum atomic E-state index is 8.89. The molecule has 0 aromatic heterocycles. The maximum absolute atomic E-state index is 8.89. The van der Waals surface area contributed by atoms with Crippen molar-refractivity contribution in [3.8, 4) is 0 Å². The number of carboxylic acids is 1. The van der Waals surface area contributed by atoms with Gasteiger partial charge < -0.3 is 34.0 Å². The Kier molecular flexibility index (Phi) is 70.9. The molecule has 16 heteroatoms. The first-order valence-corrected chi connectivity index (χ1v) is 6.48. The first kappa shape index (κ1) is 42.7. The Morgan fingerprint density at radius 2 is 0.947 bits per heavy atom. The minimum atomic E-state index is -5.17. The molecule has 0 atom stereocenters. The van der Waals surface area contributed by atoms with Gasteiger partial charge in [-0.2, -0.15) is 0 Å². The van der Waals surface area contributed by atoms with Gasteiger partial charge in [0.1, 0.15) is 0 Å². The molecule has 0 aliphatic carbocycles. The SMILES string of the molecule is CC(=O)[O-].O=C([O-])[O-].O=S(=O)([O-])[O-].[Cl][Ni][Cl].[Ni+2].[Ni+2].[Ni+2]. The molecular weight excluding hydrogens is 518 g/mol. The van der Waals surface area contributed by atoms with Crippen molar-refractivity contribution in [2.75, 3.05) is 0 Å². The smallest absolute Gasteiger partial charge is 2.00 e. The molecule has 0 radical (unpaired) electrons. The molecule has 0 rings (SSSR count). The van der Waals surface area contributed by atoms with Crippen molar-refractivity contribution in [3.63, 3.8) is 0 Å². The predicted octanol–water partition coefficient (Wildman–Crippen LogP) is -3.66.